The van der Waals surface area contributed by atoms with Crippen molar-refractivity contribution in [2.45, 2.75) is 33.2 Å². The number of Topliss-reactive ketones (excluding diaryl/α,β-unsaturated/α-hetero) is 1. The van der Waals surface area contributed by atoms with Crippen LogP contribution in [0.1, 0.15) is 36.8 Å². The number of hydrogen-bond donors (Lipinski definition) is 2. The molecule has 25 heavy (non-hydrogen) atoms. The summed E-state index contributed by atoms with van der Waals surface area (Å²) in [4.78, 5) is 32.0. The molecule has 2 rings (SSSR count). The van der Waals surface area contributed by atoms with Gasteiger partial charge in [0.15, 0.2) is 5.78 Å². The number of urea groups is 1. The first-order valence-corrected chi connectivity index (χ1v) is 8.09. The molecule has 1 aromatic carbocycles. The van der Waals surface area contributed by atoms with Crippen molar-refractivity contribution in [2.75, 3.05) is 11.9 Å². The molecule has 7 heteroatoms. The molecule has 2 N–H and O–H groups in total. The van der Waals surface area contributed by atoms with Crippen molar-refractivity contribution in [2.24, 2.45) is 0 Å². The van der Waals surface area contributed by atoms with Crippen LogP contribution in [0.3, 0.4) is 0 Å². The second-order valence-corrected chi connectivity index (χ2v) is 5.60. The number of rotatable bonds is 7. The molecule has 2 aromatic rings. The zero-order chi connectivity index (χ0) is 18.2. The normalized spacial score (nSPS) is 11.5. The van der Waals surface area contributed by atoms with Crippen LogP contribution in [0.4, 0.5) is 10.5 Å². The molecule has 0 saturated heterocycles. The number of nitrogens with zero attached hydrogens (tertiary/aromatic N) is 2. The van der Waals surface area contributed by atoms with Gasteiger partial charge < -0.3 is 15.4 Å². The third kappa shape index (κ3) is 5.56. The maximum Gasteiger partial charge on any atom is 0.319 e. The van der Waals surface area contributed by atoms with E-state index in [2.05, 4.69) is 20.6 Å². The zero-order valence-corrected chi connectivity index (χ0v) is 14.6. The lowest BCUT2D eigenvalue weighted by Crippen LogP contribution is -2.37. The third-order valence-corrected chi connectivity index (χ3v) is 3.44. The lowest BCUT2D eigenvalue weighted by Gasteiger charge is -2.16. The first kappa shape index (κ1) is 18.4. The molecule has 1 aromatic heterocycles. The minimum Gasteiger partial charge on any atom is -0.492 e. The second-order valence-electron chi connectivity index (χ2n) is 5.60. The average Bonchev–Trinajstić information content (AvgIpc) is 2.57. The molecule has 0 fully saturated rings. The summed E-state index contributed by atoms with van der Waals surface area (Å²) in [5.41, 5.74) is 1.76. The number of ketones is 1. The molecule has 0 bridgehead atoms. The first-order chi connectivity index (χ1) is 12.0. The van der Waals surface area contributed by atoms with Crippen LogP contribution in [-0.2, 0) is 6.42 Å². The molecule has 7 nitrogen and oxygen atoms in total. The molecular formula is C18H22N4O3. The van der Waals surface area contributed by atoms with Gasteiger partial charge in [-0.05, 0) is 39.0 Å². The maximum absolute atomic E-state index is 12.3. The summed E-state index contributed by atoms with van der Waals surface area (Å²) in [5, 5.41) is 5.58. The Kier molecular flexibility index (Phi) is 6.45. The van der Waals surface area contributed by atoms with Crippen molar-refractivity contribution < 1.29 is 14.3 Å². The van der Waals surface area contributed by atoms with Crippen LogP contribution in [0.2, 0.25) is 0 Å². The van der Waals surface area contributed by atoms with Gasteiger partial charge in [0.25, 0.3) is 0 Å². The van der Waals surface area contributed by atoms with Gasteiger partial charge in [0.2, 0.25) is 0 Å². The van der Waals surface area contributed by atoms with Crippen molar-refractivity contribution in [3.05, 3.63) is 48.0 Å². The predicted octanol–water partition coefficient (Wildman–Crippen LogP) is 2.83. The minimum atomic E-state index is -0.377. The largest absolute Gasteiger partial charge is 0.492 e. The fourth-order valence-corrected chi connectivity index (χ4v) is 2.31. The molecule has 0 spiro atoms. The van der Waals surface area contributed by atoms with Crippen molar-refractivity contribution in [3.8, 4) is 5.75 Å². The van der Waals surface area contributed by atoms with Crippen LogP contribution in [-0.4, -0.2) is 34.4 Å². The van der Waals surface area contributed by atoms with Crippen LogP contribution in [0.15, 0.2) is 36.8 Å². The summed E-state index contributed by atoms with van der Waals surface area (Å²) in [6.45, 7) is 5.66. The highest BCUT2D eigenvalue weighted by atomic mass is 16.5. The lowest BCUT2D eigenvalue weighted by molar-refractivity contribution is 0.101. The van der Waals surface area contributed by atoms with E-state index in [9.17, 15) is 9.59 Å². The highest BCUT2D eigenvalue weighted by molar-refractivity contribution is 5.98. The van der Waals surface area contributed by atoms with Gasteiger partial charge in [0.05, 0.1) is 18.0 Å². The summed E-state index contributed by atoms with van der Waals surface area (Å²) in [7, 11) is 0. The van der Waals surface area contributed by atoms with E-state index >= 15 is 0 Å². The summed E-state index contributed by atoms with van der Waals surface area (Å²) in [6.07, 6.45) is 5.45. The number of nitrogens with one attached hydrogen (secondary N) is 2. The minimum absolute atomic E-state index is 0.0810. The number of carbonyl (C=O) groups excluding carboxylic acids is 2. The molecule has 0 aliphatic heterocycles. The molecule has 0 radical (unpaired) electrons. The van der Waals surface area contributed by atoms with Gasteiger partial charge in [-0.2, -0.15) is 0 Å². The summed E-state index contributed by atoms with van der Waals surface area (Å²) in [5.74, 6) is 0.437. The van der Waals surface area contributed by atoms with E-state index in [1.54, 1.807) is 36.8 Å². The summed E-state index contributed by atoms with van der Waals surface area (Å²) < 4.78 is 5.50. The number of amides is 2. The van der Waals surface area contributed by atoms with Crippen molar-refractivity contribution in [1.29, 1.82) is 0 Å². The van der Waals surface area contributed by atoms with E-state index in [1.807, 2.05) is 13.8 Å². The molecule has 1 unspecified atom stereocenters. The van der Waals surface area contributed by atoms with Crippen molar-refractivity contribution in [3.63, 3.8) is 0 Å². The molecule has 0 saturated carbocycles. The van der Waals surface area contributed by atoms with Gasteiger partial charge in [-0.1, -0.05) is 0 Å². The van der Waals surface area contributed by atoms with Gasteiger partial charge in [-0.3, -0.25) is 14.8 Å². The number of hydrogen-bond acceptors (Lipinski definition) is 5. The van der Waals surface area contributed by atoms with Crippen LogP contribution in [0, 0.1) is 0 Å². The zero-order valence-electron chi connectivity index (χ0n) is 14.6. The molecule has 1 heterocycles. The average molecular weight is 342 g/mol. The third-order valence-electron chi connectivity index (χ3n) is 3.44. The Bertz CT molecular complexity index is 734. The van der Waals surface area contributed by atoms with Crippen molar-refractivity contribution in [1.82, 2.24) is 15.3 Å². The van der Waals surface area contributed by atoms with E-state index < -0.39 is 0 Å². The van der Waals surface area contributed by atoms with Gasteiger partial charge >= 0.3 is 6.03 Å². The Morgan fingerprint density at radius 1 is 1.28 bits per heavy atom. The molecule has 2 amide bonds. The van der Waals surface area contributed by atoms with E-state index in [1.165, 1.54) is 6.92 Å². The van der Waals surface area contributed by atoms with E-state index in [4.69, 9.17) is 4.74 Å². The standard InChI is InChI=1S/C18H22N4O3/c1-4-25-17-6-5-14(13(3)23)10-16(17)22-18(24)21-12(2)9-15-11-19-7-8-20-15/h5-8,10-12H,4,9H2,1-3H3,(H2,21,22,24). The maximum atomic E-state index is 12.3. The van der Waals surface area contributed by atoms with Crippen molar-refractivity contribution >= 4 is 17.5 Å². The Morgan fingerprint density at radius 2 is 2.08 bits per heavy atom. The van der Waals surface area contributed by atoms with Crippen LogP contribution < -0.4 is 15.4 Å². The summed E-state index contributed by atoms with van der Waals surface area (Å²) >= 11 is 0. The smallest absolute Gasteiger partial charge is 0.319 e. The van der Waals surface area contributed by atoms with Gasteiger partial charge in [0.1, 0.15) is 5.75 Å². The quantitative estimate of drug-likeness (QED) is 0.755. The van der Waals surface area contributed by atoms with Crippen LogP contribution >= 0.6 is 0 Å². The van der Waals surface area contributed by atoms with Crippen LogP contribution in [0.5, 0.6) is 5.75 Å². The number of anilines is 1. The molecule has 132 valence electrons. The molecular weight excluding hydrogens is 320 g/mol. The van der Waals surface area contributed by atoms with E-state index in [-0.39, 0.29) is 17.9 Å². The fraction of sp³-hybridized carbons (Fsp3) is 0.333. The SMILES string of the molecule is CCOc1ccc(C(C)=O)cc1NC(=O)NC(C)Cc1cnccn1. The van der Waals surface area contributed by atoms with Gasteiger partial charge in [-0.25, -0.2) is 4.79 Å². The second kappa shape index (κ2) is 8.77. The lowest BCUT2D eigenvalue weighted by atomic mass is 10.1. The van der Waals surface area contributed by atoms with Gasteiger partial charge in [-0.15, -0.1) is 0 Å². The highest BCUT2D eigenvalue weighted by Crippen LogP contribution is 2.26. The monoisotopic (exact) mass is 342 g/mol. The number of benzene rings is 1. The predicted molar refractivity (Wildman–Crippen MR) is 95.0 cm³/mol. The molecule has 1 atom stereocenters. The number of carbonyl (C=O) groups is 2. The Hall–Kier alpha value is -2.96. The van der Waals surface area contributed by atoms with Gasteiger partial charge in [0, 0.05) is 36.6 Å². The summed E-state index contributed by atoms with van der Waals surface area (Å²) in [6, 6.07) is 4.45. The first-order valence-electron chi connectivity index (χ1n) is 8.09. The molecule has 0 aliphatic carbocycles. The molecule has 0 aliphatic rings. The number of aromatic nitrogens is 2. The van der Waals surface area contributed by atoms with E-state index in [0.717, 1.165) is 5.69 Å². The topological polar surface area (TPSA) is 93.2 Å². The Balaban J connectivity index is 2.03. The fourth-order valence-electron chi connectivity index (χ4n) is 2.31. The van der Waals surface area contributed by atoms with E-state index in [0.29, 0.717) is 30.0 Å². The number of ether oxygens (including phenoxy) is 1. The highest BCUT2D eigenvalue weighted by Gasteiger charge is 2.13. The Morgan fingerprint density at radius 3 is 2.72 bits per heavy atom. The Labute approximate surface area is 146 Å². The van der Waals surface area contributed by atoms with Crippen LogP contribution in [0.25, 0.3) is 0 Å².